The second-order valence-corrected chi connectivity index (χ2v) is 14.1. The first-order valence-electron chi connectivity index (χ1n) is 22.3. The van der Waals surface area contributed by atoms with Crippen LogP contribution in [0.25, 0.3) is 17.2 Å². The lowest BCUT2D eigenvalue weighted by Gasteiger charge is -2.21. The highest BCUT2D eigenvalue weighted by molar-refractivity contribution is 6.05. The number of amides is 2. The van der Waals surface area contributed by atoms with E-state index < -0.39 is 5.97 Å². The SMILES string of the molecule is CCCN(OCC)C(=O)C1=Cc2ccc(-c3ccc(C(=O)NCCOCCOCCOCCOCCOCCOCCOCCOCCOCCOCCC(=O)O)cc3)cc2N=C(N)C1. The Hall–Kier alpha value is -4.38. The zero-order valence-electron chi connectivity index (χ0n) is 38.1. The summed E-state index contributed by atoms with van der Waals surface area (Å²) in [5.74, 6) is -0.952. The average molecular weight is 919 g/mol. The van der Waals surface area contributed by atoms with Gasteiger partial charge in [-0.15, -0.1) is 0 Å². The zero-order chi connectivity index (χ0) is 46.6. The molecule has 19 heteroatoms. The van der Waals surface area contributed by atoms with Gasteiger partial charge in [0.2, 0.25) is 0 Å². The zero-order valence-corrected chi connectivity index (χ0v) is 38.1. The maximum Gasteiger partial charge on any atom is 0.305 e. The van der Waals surface area contributed by atoms with Crippen LogP contribution in [0.15, 0.2) is 53.0 Å². The van der Waals surface area contributed by atoms with Crippen molar-refractivity contribution in [3.05, 3.63) is 59.2 Å². The van der Waals surface area contributed by atoms with E-state index >= 15 is 0 Å². The normalized spacial score (nSPS) is 12.3. The minimum Gasteiger partial charge on any atom is -0.481 e. The maximum absolute atomic E-state index is 13.2. The number of hydrogen-bond donors (Lipinski definition) is 3. The monoisotopic (exact) mass is 918 g/mol. The number of hydrogen-bond acceptors (Lipinski definition) is 16. The summed E-state index contributed by atoms with van der Waals surface area (Å²) in [5, 5.41) is 12.8. The Kier molecular flexibility index (Phi) is 30.3. The minimum absolute atomic E-state index is 0.0125. The molecule has 1 aliphatic rings. The third-order valence-corrected chi connectivity index (χ3v) is 9.03. The lowest BCUT2D eigenvalue weighted by atomic mass is 10.00. The summed E-state index contributed by atoms with van der Waals surface area (Å²) in [6.07, 6.45) is 2.80. The van der Waals surface area contributed by atoms with E-state index in [9.17, 15) is 14.4 Å². The van der Waals surface area contributed by atoms with Crippen LogP contribution in [0.5, 0.6) is 0 Å². The Labute approximate surface area is 382 Å². The molecule has 4 N–H and O–H groups in total. The van der Waals surface area contributed by atoms with Crippen LogP contribution in [0.4, 0.5) is 5.69 Å². The van der Waals surface area contributed by atoms with Crippen molar-refractivity contribution in [2.45, 2.75) is 33.1 Å². The summed E-state index contributed by atoms with van der Waals surface area (Å²) in [4.78, 5) is 46.4. The van der Waals surface area contributed by atoms with Gasteiger partial charge in [-0.1, -0.05) is 31.2 Å². The van der Waals surface area contributed by atoms with Crippen LogP contribution in [0.3, 0.4) is 0 Å². The lowest BCUT2D eigenvalue weighted by Crippen LogP contribution is -2.34. The number of amidine groups is 1. The van der Waals surface area contributed by atoms with Crippen molar-refractivity contribution in [1.29, 1.82) is 0 Å². The van der Waals surface area contributed by atoms with E-state index in [1.54, 1.807) is 12.1 Å². The van der Waals surface area contributed by atoms with Gasteiger partial charge in [0, 0.05) is 36.2 Å². The van der Waals surface area contributed by atoms with Gasteiger partial charge in [0.15, 0.2) is 0 Å². The van der Waals surface area contributed by atoms with Gasteiger partial charge in [-0.3, -0.25) is 19.2 Å². The summed E-state index contributed by atoms with van der Waals surface area (Å²) < 4.78 is 54.4. The highest BCUT2D eigenvalue weighted by Crippen LogP contribution is 2.32. The molecule has 364 valence electrons. The molecule has 2 aromatic carbocycles. The molecule has 0 radical (unpaired) electrons. The molecule has 65 heavy (non-hydrogen) atoms. The van der Waals surface area contributed by atoms with Crippen molar-refractivity contribution in [2.75, 3.05) is 152 Å². The molecule has 2 aromatic rings. The van der Waals surface area contributed by atoms with Crippen LogP contribution in [0.1, 0.15) is 49.0 Å². The predicted molar refractivity (Wildman–Crippen MR) is 242 cm³/mol. The first-order chi connectivity index (χ1) is 31.8. The van der Waals surface area contributed by atoms with Crippen molar-refractivity contribution in [1.82, 2.24) is 10.4 Å². The number of carbonyl (C=O) groups excluding carboxylic acids is 2. The predicted octanol–water partition coefficient (Wildman–Crippen LogP) is 3.69. The molecule has 1 heterocycles. The van der Waals surface area contributed by atoms with Gasteiger partial charge in [-0.25, -0.2) is 10.1 Å². The van der Waals surface area contributed by atoms with Gasteiger partial charge in [-0.05, 0) is 48.7 Å². The average Bonchev–Trinajstić information content (AvgIpc) is 3.47. The fourth-order valence-electron chi connectivity index (χ4n) is 5.85. The van der Waals surface area contributed by atoms with Crippen molar-refractivity contribution < 1.29 is 71.7 Å². The van der Waals surface area contributed by atoms with E-state index in [0.29, 0.717) is 168 Å². The number of nitrogens with two attached hydrogens (primary N) is 1. The number of carboxylic acid groups (broad SMARTS) is 1. The van der Waals surface area contributed by atoms with Gasteiger partial charge >= 0.3 is 5.97 Å². The number of fused-ring (bicyclic) bond motifs is 1. The Balaban J connectivity index is 1.09. The minimum atomic E-state index is -0.882. The summed E-state index contributed by atoms with van der Waals surface area (Å²) in [6, 6.07) is 13.1. The number of benzene rings is 2. The number of ether oxygens (including phenoxy) is 10. The molecule has 1 aliphatic heterocycles. The smallest absolute Gasteiger partial charge is 0.305 e. The molecule has 0 fully saturated rings. The summed E-state index contributed by atoms with van der Waals surface area (Å²) >= 11 is 0. The highest BCUT2D eigenvalue weighted by Gasteiger charge is 2.22. The second kappa shape index (κ2) is 35.8. The summed E-state index contributed by atoms with van der Waals surface area (Å²) in [5.41, 5.74) is 10.6. The molecule has 19 nitrogen and oxygen atoms in total. The molecule has 0 unspecified atom stereocenters. The number of rotatable bonds is 40. The summed E-state index contributed by atoms with van der Waals surface area (Å²) in [6.45, 7) is 13.5. The van der Waals surface area contributed by atoms with Crippen molar-refractivity contribution in [3.63, 3.8) is 0 Å². The summed E-state index contributed by atoms with van der Waals surface area (Å²) in [7, 11) is 0. The number of nitrogens with one attached hydrogen (secondary N) is 1. The second-order valence-electron chi connectivity index (χ2n) is 14.1. The van der Waals surface area contributed by atoms with Crippen LogP contribution in [-0.2, 0) is 61.8 Å². The van der Waals surface area contributed by atoms with Gasteiger partial charge in [-0.2, -0.15) is 0 Å². The van der Waals surface area contributed by atoms with E-state index in [0.717, 1.165) is 23.1 Å². The van der Waals surface area contributed by atoms with Crippen LogP contribution in [0, 0.1) is 0 Å². The number of nitrogens with zero attached hydrogens (tertiary/aromatic N) is 2. The molecule has 0 aromatic heterocycles. The van der Waals surface area contributed by atoms with Gasteiger partial charge < -0.3 is 63.5 Å². The van der Waals surface area contributed by atoms with E-state index in [4.69, 9.17) is 63.0 Å². The third-order valence-electron chi connectivity index (χ3n) is 9.03. The topological polar surface area (TPSA) is 227 Å². The largest absolute Gasteiger partial charge is 0.481 e. The number of aliphatic imine (C=N–C) groups is 1. The number of carboxylic acids is 1. The van der Waals surface area contributed by atoms with E-state index in [-0.39, 0.29) is 31.3 Å². The molecular weight excluding hydrogens is 849 g/mol. The van der Waals surface area contributed by atoms with Crippen molar-refractivity contribution in [3.8, 4) is 11.1 Å². The van der Waals surface area contributed by atoms with Crippen LogP contribution in [-0.4, -0.2) is 186 Å². The fraction of sp³-hybridized carbons (Fsp3) is 0.609. The standard InChI is InChI=1S/C46H70N4O15/c1-3-13-50(65-4-2)46(54)41-34-40-10-9-39(35-42(40)49-43(47)36-41)37-5-7-38(8-6-37)45(53)48-12-15-56-17-19-58-21-23-60-25-27-62-29-31-64-33-32-63-30-28-61-26-24-59-22-20-57-18-16-55-14-11-44(51)52/h5-10,34-35H,3-4,11-33,36H2,1-2H3,(H2,47,49)(H,48,53)(H,51,52). The molecule has 0 saturated heterocycles. The van der Waals surface area contributed by atoms with E-state index in [2.05, 4.69) is 10.3 Å². The fourth-order valence-corrected chi connectivity index (χ4v) is 5.85. The number of carbonyl (C=O) groups is 3. The maximum atomic E-state index is 13.2. The highest BCUT2D eigenvalue weighted by atomic mass is 16.7. The Morgan fingerprint density at radius 2 is 1.08 bits per heavy atom. The Morgan fingerprint density at radius 3 is 1.52 bits per heavy atom. The molecule has 0 atom stereocenters. The third kappa shape index (κ3) is 25.2. The van der Waals surface area contributed by atoms with E-state index in [1.807, 2.05) is 50.3 Å². The molecule has 3 rings (SSSR count). The Bertz CT molecular complexity index is 1670. The van der Waals surface area contributed by atoms with Crippen molar-refractivity contribution >= 4 is 35.4 Å². The molecular formula is C46H70N4O15. The molecule has 0 spiro atoms. The number of hydroxylamine groups is 2. The van der Waals surface area contributed by atoms with Gasteiger partial charge in [0.1, 0.15) is 5.84 Å². The molecule has 0 bridgehead atoms. The quantitative estimate of drug-likeness (QED) is 0.0640. The molecule has 2 amide bonds. The van der Waals surface area contributed by atoms with Crippen molar-refractivity contribution in [2.24, 2.45) is 10.7 Å². The first-order valence-corrected chi connectivity index (χ1v) is 22.3. The van der Waals surface area contributed by atoms with Gasteiger partial charge in [0.25, 0.3) is 11.8 Å². The molecule has 0 aliphatic carbocycles. The Morgan fingerprint density at radius 1 is 0.631 bits per heavy atom. The lowest BCUT2D eigenvalue weighted by molar-refractivity contribution is -0.180. The van der Waals surface area contributed by atoms with Crippen LogP contribution in [0.2, 0.25) is 0 Å². The van der Waals surface area contributed by atoms with Crippen LogP contribution >= 0.6 is 0 Å². The molecule has 0 saturated carbocycles. The van der Waals surface area contributed by atoms with E-state index in [1.165, 1.54) is 5.06 Å². The first kappa shape index (κ1) is 55.0. The number of aliphatic carboxylic acids is 1. The van der Waals surface area contributed by atoms with Gasteiger partial charge in [0.05, 0.1) is 151 Å². The van der Waals surface area contributed by atoms with Crippen LogP contribution < -0.4 is 11.1 Å².